The molecule has 18 heavy (non-hydrogen) atoms. The van der Waals surface area contributed by atoms with E-state index in [1.807, 2.05) is 0 Å². The molecule has 1 fully saturated rings. The average Bonchev–Trinajstić information content (AvgIpc) is 2.72. The first kappa shape index (κ1) is 12.3. The lowest BCUT2D eigenvalue weighted by molar-refractivity contribution is -0.142. The predicted octanol–water partition coefficient (Wildman–Crippen LogP) is 1.10. The number of hydrogen-bond donors (Lipinski definition) is 2. The van der Waals surface area contributed by atoms with Crippen molar-refractivity contribution in [3.8, 4) is 5.75 Å². The fourth-order valence-corrected chi connectivity index (χ4v) is 2.07. The van der Waals surface area contributed by atoms with Gasteiger partial charge in [0.15, 0.2) is 11.6 Å². The molecule has 0 aromatic heterocycles. The summed E-state index contributed by atoms with van der Waals surface area (Å²) in [6.45, 7) is 0. The molecule has 0 radical (unpaired) electrons. The van der Waals surface area contributed by atoms with Gasteiger partial charge in [0.05, 0.1) is 19.1 Å². The van der Waals surface area contributed by atoms with Crippen molar-refractivity contribution in [3.05, 3.63) is 29.6 Å². The molecule has 5 nitrogen and oxygen atoms in total. The molecular weight excluding hydrogens is 241 g/mol. The first-order valence-electron chi connectivity index (χ1n) is 5.38. The van der Waals surface area contributed by atoms with Gasteiger partial charge in [0.2, 0.25) is 5.91 Å². The molecule has 1 heterocycles. The molecule has 1 saturated heterocycles. The first-order chi connectivity index (χ1) is 8.52. The van der Waals surface area contributed by atoms with Crippen molar-refractivity contribution < 1.29 is 23.8 Å². The van der Waals surface area contributed by atoms with Crippen molar-refractivity contribution in [2.75, 3.05) is 7.11 Å². The molecule has 0 aliphatic carbocycles. The third kappa shape index (κ3) is 2.13. The van der Waals surface area contributed by atoms with Gasteiger partial charge in [-0.2, -0.15) is 0 Å². The van der Waals surface area contributed by atoms with E-state index in [0.29, 0.717) is 5.56 Å². The number of aliphatic carboxylic acids is 1. The van der Waals surface area contributed by atoms with Crippen LogP contribution in [0.25, 0.3) is 0 Å². The smallest absolute Gasteiger partial charge is 0.309 e. The van der Waals surface area contributed by atoms with Crippen LogP contribution in [0.4, 0.5) is 4.39 Å². The van der Waals surface area contributed by atoms with Crippen LogP contribution in [0.5, 0.6) is 5.75 Å². The Morgan fingerprint density at radius 1 is 1.56 bits per heavy atom. The van der Waals surface area contributed by atoms with Crippen LogP contribution in [0.1, 0.15) is 18.0 Å². The molecular formula is C12H12FNO4. The number of carboxylic acids is 1. The van der Waals surface area contributed by atoms with Gasteiger partial charge < -0.3 is 15.2 Å². The SMILES string of the molecule is COc1cc([C@H]2NC(=O)CC2C(=O)O)ccc1F. The Morgan fingerprint density at radius 3 is 2.89 bits per heavy atom. The summed E-state index contributed by atoms with van der Waals surface area (Å²) in [5.41, 5.74) is 0.520. The molecule has 6 heteroatoms. The molecule has 0 bridgehead atoms. The van der Waals surface area contributed by atoms with Gasteiger partial charge in [-0.15, -0.1) is 0 Å². The van der Waals surface area contributed by atoms with Crippen molar-refractivity contribution in [1.82, 2.24) is 5.32 Å². The zero-order valence-electron chi connectivity index (χ0n) is 9.64. The van der Waals surface area contributed by atoms with Crippen molar-refractivity contribution in [2.24, 2.45) is 5.92 Å². The fraction of sp³-hybridized carbons (Fsp3) is 0.333. The third-order valence-corrected chi connectivity index (χ3v) is 2.98. The normalized spacial score (nSPS) is 22.7. The molecule has 0 spiro atoms. The number of amides is 1. The molecule has 2 N–H and O–H groups in total. The monoisotopic (exact) mass is 253 g/mol. The number of nitrogens with one attached hydrogen (secondary N) is 1. The number of ether oxygens (including phenoxy) is 1. The van der Waals surface area contributed by atoms with Gasteiger partial charge in [-0.3, -0.25) is 9.59 Å². The largest absolute Gasteiger partial charge is 0.494 e. The summed E-state index contributed by atoms with van der Waals surface area (Å²) in [6, 6.07) is 3.40. The van der Waals surface area contributed by atoms with Gasteiger partial charge in [0, 0.05) is 6.42 Å². The van der Waals surface area contributed by atoms with E-state index in [-0.39, 0.29) is 18.1 Å². The Kier molecular flexibility index (Phi) is 3.18. The summed E-state index contributed by atoms with van der Waals surface area (Å²) in [6.07, 6.45) is -0.0698. The lowest BCUT2D eigenvalue weighted by Gasteiger charge is -2.16. The van der Waals surface area contributed by atoms with Crippen molar-refractivity contribution in [1.29, 1.82) is 0 Å². The quantitative estimate of drug-likeness (QED) is 0.845. The Bertz CT molecular complexity index is 503. The van der Waals surface area contributed by atoms with Gasteiger partial charge in [-0.1, -0.05) is 6.07 Å². The van der Waals surface area contributed by atoms with Crippen LogP contribution in [-0.2, 0) is 9.59 Å². The maximum Gasteiger partial charge on any atom is 0.309 e. The summed E-state index contributed by atoms with van der Waals surface area (Å²) >= 11 is 0. The van der Waals surface area contributed by atoms with E-state index >= 15 is 0 Å². The van der Waals surface area contributed by atoms with Gasteiger partial charge in [-0.25, -0.2) is 4.39 Å². The van der Waals surface area contributed by atoms with Crippen LogP contribution in [0.15, 0.2) is 18.2 Å². The Hall–Kier alpha value is -2.11. The number of carboxylic acid groups (broad SMARTS) is 1. The zero-order chi connectivity index (χ0) is 13.3. The van der Waals surface area contributed by atoms with E-state index in [2.05, 4.69) is 5.32 Å². The van der Waals surface area contributed by atoms with Crippen molar-refractivity contribution in [3.63, 3.8) is 0 Å². The van der Waals surface area contributed by atoms with Crippen LogP contribution < -0.4 is 10.1 Å². The van der Waals surface area contributed by atoms with Crippen molar-refractivity contribution >= 4 is 11.9 Å². The second-order valence-corrected chi connectivity index (χ2v) is 4.09. The highest BCUT2D eigenvalue weighted by molar-refractivity contribution is 5.87. The molecule has 2 atom stereocenters. The second-order valence-electron chi connectivity index (χ2n) is 4.09. The summed E-state index contributed by atoms with van der Waals surface area (Å²) in [5, 5.41) is 11.6. The molecule has 96 valence electrons. The van der Waals surface area contributed by atoms with Crippen LogP contribution in [0.2, 0.25) is 0 Å². The topological polar surface area (TPSA) is 75.6 Å². The van der Waals surface area contributed by atoms with Crippen LogP contribution >= 0.6 is 0 Å². The molecule has 1 amide bonds. The second kappa shape index (κ2) is 4.64. The Balaban J connectivity index is 2.35. The van der Waals surface area contributed by atoms with Crippen molar-refractivity contribution in [2.45, 2.75) is 12.5 Å². The maximum absolute atomic E-state index is 13.3. The van der Waals surface area contributed by atoms with Crippen LogP contribution in [0.3, 0.4) is 0 Å². The standard InChI is InChI=1S/C12H12FNO4/c1-18-9-4-6(2-3-8(9)13)11-7(12(16)17)5-10(15)14-11/h2-4,7,11H,5H2,1H3,(H,14,15)(H,16,17)/t7?,11-/m1/s1. The zero-order valence-corrected chi connectivity index (χ0v) is 9.64. The lowest BCUT2D eigenvalue weighted by atomic mass is 9.94. The molecule has 1 aromatic rings. The molecule has 1 aromatic carbocycles. The number of benzene rings is 1. The van der Waals surface area contributed by atoms with Gasteiger partial charge in [0.25, 0.3) is 0 Å². The Labute approximate surface area is 103 Å². The number of hydrogen-bond acceptors (Lipinski definition) is 3. The fourth-order valence-electron chi connectivity index (χ4n) is 2.07. The summed E-state index contributed by atoms with van der Waals surface area (Å²) in [7, 11) is 1.32. The minimum Gasteiger partial charge on any atom is -0.494 e. The highest BCUT2D eigenvalue weighted by Gasteiger charge is 2.38. The van der Waals surface area contributed by atoms with E-state index < -0.39 is 23.7 Å². The van der Waals surface area contributed by atoms with E-state index in [0.717, 1.165) is 0 Å². The number of carbonyl (C=O) groups is 2. The van der Waals surface area contributed by atoms with Gasteiger partial charge in [-0.05, 0) is 17.7 Å². The summed E-state index contributed by atoms with van der Waals surface area (Å²) in [5.74, 6) is -2.72. The molecule has 2 rings (SSSR count). The summed E-state index contributed by atoms with van der Waals surface area (Å²) in [4.78, 5) is 22.3. The first-order valence-corrected chi connectivity index (χ1v) is 5.38. The van der Waals surface area contributed by atoms with Gasteiger partial charge in [0.1, 0.15) is 0 Å². The van der Waals surface area contributed by atoms with Crippen LogP contribution in [-0.4, -0.2) is 24.1 Å². The number of halogens is 1. The van der Waals surface area contributed by atoms with E-state index in [1.165, 1.54) is 25.3 Å². The highest BCUT2D eigenvalue weighted by atomic mass is 19.1. The number of carbonyl (C=O) groups excluding carboxylic acids is 1. The maximum atomic E-state index is 13.3. The van der Waals surface area contributed by atoms with Gasteiger partial charge >= 0.3 is 5.97 Å². The number of rotatable bonds is 3. The van der Waals surface area contributed by atoms with Crippen LogP contribution in [0, 0.1) is 11.7 Å². The van der Waals surface area contributed by atoms with E-state index in [1.54, 1.807) is 0 Å². The van der Waals surface area contributed by atoms with E-state index in [9.17, 15) is 14.0 Å². The summed E-state index contributed by atoms with van der Waals surface area (Å²) < 4.78 is 18.1. The molecule has 1 aliphatic heterocycles. The van der Waals surface area contributed by atoms with E-state index in [4.69, 9.17) is 9.84 Å². The molecule has 1 aliphatic rings. The molecule has 1 unspecified atom stereocenters. The number of methoxy groups -OCH3 is 1. The lowest BCUT2D eigenvalue weighted by Crippen LogP contribution is -2.24. The minimum absolute atomic E-state index is 0.0257. The average molecular weight is 253 g/mol. The highest BCUT2D eigenvalue weighted by Crippen LogP contribution is 2.32. The minimum atomic E-state index is -1.05. The third-order valence-electron chi connectivity index (χ3n) is 2.98. The Morgan fingerprint density at radius 2 is 2.28 bits per heavy atom. The predicted molar refractivity (Wildman–Crippen MR) is 59.6 cm³/mol. The molecule has 0 saturated carbocycles.